The Kier molecular flexibility index (Phi) is 4.36. The van der Waals surface area contributed by atoms with Crippen LogP contribution in [-0.4, -0.2) is 16.0 Å². The molecule has 0 aromatic heterocycles. The van der Waals surface area contributed by atoms with Gasteiger partial charge in [-0.05, 0) is 52.9 Å². The van der Waals surface area contributed by atoms with E-state index in [1.807, 2.05) is 22.6 Å². The minimum atomic E-state index is -1.25. The number of rotatable bonds is 4. The van der Waals surface area contributed by atoms with Crippen LogP contribution in [0.25, 0.3) is 0 Å². The lowest BCUT2D eigenvalue weighted by molar-refractivity contribution is -0.384. The largest absolute Gasteiger partial charge is 0.478 e. The van der Waals surface area contributed by atoms with Crippen molar-refractivity contribution in [3.05, 3.63) is 61.5 Å². The molecule has 2 aromatic carbocycles. The van der Waals surface area contributed by atoms with Crippen molar-refractivity contribution in [2.45, 2.75) is 0 Å². The van der Waals surface area contributed by atoms with Crippen LogP contribution >= 0.6 is 22.6 Å². The molecule has 0 atom stereocenters. The first-order chi connectivity index (χ1) is 9.88. The lowest BCUT2D eigenvalue weighted by atomic mass is 10.2. The molecule has 0 radical (unpaired) electrons. The number of nitro groups is 1. The van der Waals surface area contributed by atoms with Gasteiger partial charge in [0.05, 0.1) is 16.2 Å². The number of halogens is 2. The molecule has 0 aliphatic rings. The van der Waals surface area contributed by atoms with Gasteiger partial charge < -0.3 is 10.4 Å². The monoisotopic (exact) mass is 402 g/mol. The average Bonchev–Trinajstić information content (AvgIpc) is 2.42. The molecule has 0 unspecified atom stereocenters. The van der Waals surface area contributed by atoms with Gasteiger partial charge in [0.2, 0.25) is 0 Å². The van der Waals surface area contributed by atoms with E-state index in [2.05, 4.69) is 5.32 Å². The summed E-state index contributed by atoms with van der Waals surface area (Å²) < 4.78 is 14.5. The average molecular weight is 402 g/mol. The molecule has 2 N–H and O–H groups in total. The maximum Gasteiger partial charge on any atom is 0.335 e. The van der Waals surface area contributed by atoms with Crippen LogP contribution in [0, 0.1) is 19.5 Å². The molecule has 6 nitrogen and oxygen atoms in total. The van der Waals surface area contributed by atoms with Crippen molar-refractivity contribution in [1.29, 1.82) is 0 Å². The minimum absolute atomic E-state index is 0.0377. The van der Waals surface area contributed by atoms with Crippen molar-refractivity contribution in [2.75, 3.05) is 5.32 Å². The number of aromatic carboxylic acids is 1. The number of carboxylic acids is 1. The van der Waals surface area contributed by atoms with Gasteiger partial charge in [-0.2, -0.15) is 0 Å². The zero-order valence-electron chi connectivity index (χ0n) is 10.3. The molecular weight excluding hydrogens is 394 g/mol. The van der Waals surface area contributed by atoms with Gasteiger partial charge in [0.25, 0.3) is 5.69 Å². The predicted octanol–water partition coefficient (Wildman–Crippen LogP) is 3.78. The molecular formula is C13H8FIN2O4. The SMILES string of the molecule is O=C(O)c1ccc(Nc2ccc(I)cc2[N+](=O)[O-])c(F)c1. The second-order valence-corrected chi connectivity index (χ2v) is 5.29. The van der Waals surface area contributed by atoms with Crippen molar-refractivity contribution in [3.8, 4) is 0 Å². The molecule has 8 heteroatoms. The number of nitro benzene ring substituents is 1. The van der Waals surface area contributed by atoms with Gasteiger partial charge in [-0.1, -0.05) is 0 Å². The van der Waals surface area contributed by atoms with E-state index < -0.39 is 16.7 Å². The molecule has 0 saturated heterocycles. The third kappa shape index (κ3) is 3.45. The molecule has 0 saturated carbocycles. The smallest absolute Gasteiger partial charge is 0.335 e. The fraction of sp³-hybridized carbons (Fsp3) is 0. The van der Waals surface area contributed by atoms with Crippen LogP contribution in [0.5, 0.6) is 0 Å². The Morgan fingerprint density at radius 3 is 2.48 bits per heavy atom. The number of nitrogens with one attached hydrogen (secondary N) is 1. The molecule has 0 fully saturated rings. The van der Waals surface area contributed by atoms with Gasteiger partial charge in [0, 0.05) is 9.64 Å². The summed E-state index contributed by atoms with van der Waals surface area (Å²) in [6, 6.07) is 7.74. The van der Waals surface area contributed by atoms with Gasteiger partial charge in [-0.25, -0.2) is 9.18 Å². The normalized spacial score (nSPS) is 10.2. The third-order valence-corrected chi connectivity index (χ3v) is 3.31. The molecule has 0 bridgehead atoms. The van der Waals surface area contributed by atoms with Crippen LogP contribution in [0.1, 0.15) is 10.4 Å². The van der Waals surface area contributed by atoms with E-state index in [1.165, 1.54) is 24.3 Å². The fourth-order valence-corrected chi connectivity index (χ4v) is 2.13. The minimum Gasteiger partial charge on any atom is -0.478 e. The first-order valence-electron chi connectivity index (χ1n) is 5.62. The zero-order chi connectivity index (χ0) is 15.6. The first-order valence-corrected chi connectivity index (χ1v) is 6.70. The number of carboxylic acid groups (broad SMARTS) is 1. The van der Waals surface area contributed by atoms with Crippen molar-refractivity contribution in [1.82, 2.24) is 0 Å². The summed E-state index contributed by atoms with van der Waals surface area (Å²) >= 11 is 1.93. The molecule has 2 aromatic rings. The standard InChI is InChI=1S/C13H8FIN2O4/c14-9-5-7(13(18)19)1-3-10(9)16-11-4-2-8(15)6-12(11)17(20)21/h1-6,16H,(H,18,19). The van der Waals surface area contributed by atoms with Crippen LogP contribution in [0.3, 0.4) is 0 Å². The molecule has 0 aliphatic heterocycles. The maximum absolute atomic E-state index is 13.8. The quantitative estimate of drug-likeness (QED) is 0.462. The van der Waals surface area contributed by atoms with Crippen LogP contribution < -0.4 is 5.32 Å². The predicted molar refractivity (Wildman–Crippen MR) is 82.5 cm³/mol. The number of anilines is 2. The molecule has 0 amide bonds. The third-order valence-electron chi connectivity index (χ3n) is 2.64. The van der Waals surface area contributed by atoms with E-state index in [0.29, 0.717) is 3.57 Å². The second kappa shape index (κ2) is 6.04. The van der Waals surface area contributed by atoms with Gasteiger partial charge in [0.1, 0.15) is 11.5 Å². The molecule has 0 spiro atoms. The first kappa shape index (κ1) is 15.2. The van der Waals surface area contributed by atoms with Gasteiger partial charge in [0.15, 0.2) is 0 Å². The van der Waals surface area contributed by atoms with Crippen molar-refractivity contribution in [3.63, 3.8) is 0 Å². The van der Waals surface area contributed by atoms with Crippen LogP contribution in [0.2, 0.25) is 0 Å². The Bertz CT molecular complexity index is 736. The summed E-state index contributed by atoms with van der Waals surface area (Å²) in [5, 5.41) is 22.3. The van der Waals surface area contributed by atoms with E-state index in [-0.39, 0.29) is 22.6 Å². The Labute approximate surface area is 131 Å². The molecule has 2 rings (SSSR count). The summed E-state index contributed by atoms with van der Waals surface area (Å²) in [4.78, 5) is 21.1. The molecule has 0 heterocycles. The van der Waals surface area contributed by atoms with Crippen molar-refractivity contribution >= 4 is 45.6 Å². The highest BCUT2D eigenvalue weighted by Crippen LogP contribution is 2.30. The van der Waals surface area contributed by atoms with Gasteiger partial charge in [-0.3, -0.25) is 10.1 Å². The lowest BCUT2D eigenvalue weighted by Crippen LogP contribution is -2.02. The zero-order valence-corrected chi connectivity index (χ0v) is 12.5. The molecule has 0 aliphatic carbocycles. The second-order valence-electron chi connectivity index (χ2n) is 4.04. The van der Waals surface area contributed by atoms with Crippen LogP contribution in [0.4, 0.5) is 21.5 Å². The van der Waals surface area contributed by atoms with Crippen molar-refractivity contribution in [2.24, 2.45) is 0 Å². The molecule has 21 heavy (non-hydrogen) atoms. The number of carbonyl (C=O) groups is 1. The Morgan fingerprint density at radius 2 is 1.90 bits per heavy atom. The summed E-state index contributed by atoms with van der Waals surface area (Å²) in [6.07, 6.45) is 0. The lowest BCUT2D eigenvalue weighted by Gasteiger charge is -2.09. The highest BCUT2D eigenvalue weighted by Gasteiger charge is 2.16. The Morgan fingerprint density at radius 1 is 1.24 bits per heavy atom. The van der Waals surface area contributed by atoms with E-state index in [4.69, 9.17) is 5.11 Å². The summed E-state index contributed by atoms with van der Waals surface area (Å²) in [5.41, 5.74) is -0.300. The van der Waals surface area contributed by atoms with Gasteiger partial charge >= 0.3 is 5.97 Å². The number of benzene rings is 2. The topological polar surface area (TPSA) is 92.5 Å². The van der Waals surface area contributed by atoms with E-state index in [9.17, 15) is 19.3 Å². The number of hydrogen-bond acceptors (Lipinski definition) is 4. The number of hydrogen-bond donors (Lipinski definition) is 2. The number of nitrogens with zero attached hydrogens (tertiary/aromatic N) is 1. The summed E-state index contributed by atoms with van der Waals surface area (Å²) in [7, 11) is 0. The van der Waals surface area contributed by atoms with Crippen molar-refractivity contribution < 1.29 is 19.2 Å². The maximum atomic E-state index is 13.8. The van der Waals surface area contributed by atoms with Gasteiger partial charge in [-0.15, -0.1) is 0 Å². The van der Waals surface area contributed by atoms with E-state index in [0.717, 1.165) is 6.07 Å². The highest BCUT2D eigenvalue weighted by molar-refractivity contribution is 14.1. The van der Waals surface area contributed by atoms with Crippen LogP contribution in [0.15, 0.2) is 36.4 Å². The van der Waals surface area contributed by atoms with Crippen LogP contribution in [-0.2, 0) is 0 Å². The Hall–Kier alpha value is -2.23. The van der Waals surface area contributed by atoms with E-state index in [1.54, 1.807) is 6.07 Å². The van der Waals surface area contributed by atoms with E-state index >= 15 is 0 Å². The summed E-state index contributed by atoms with van der Waals surface area (Å²) in [5.74, 6) is -2.05. The highest BCUT2D eigenvalue weighted by atomic mass is 127. The molecule has 108 valence electrons. The fourth-order valence-electron chi connectivity index (χ4n) is 1.66. The summed E-state index contributed by atoms with van der Waals surface area (Å²) in [6.45, 7) is 0. The Balaban J connectivity index is 2.39.